The van der Waals surface area contributed by atoms with Crippen LogP contribution in [-0.2, 0) is 28.8 Å². The number of aromatic nitrogens is 2. The Morgan fingerprint density at radius 2 is 2.03 bits per heavy atom. The van der Waals surface area contributed by atoms with Gasteiger partial charge in [0.25, 0.3) is 5.91 Å². The molecule has 178 valence electrons. The van der Waals surface area contributed by atoms with Gasteiger partial charge in [0.05, 0.1) is 16.8 Å². The van der Waals surface area contributed by atoms with Gasteiger partial charge in [0.2, 0.25) is 0 Å². The van der Waals surface area contributed by atoms with Crippen molar-refractivity contribution in [1.29, 1.82) is 0 Å². The lowest BCUT2D eigenvalue weighted by Crippen LogP contribution is -2.42. The normalized spacial score (nSPS) is 14.9. The van der Waals surface area contributed by atoms with Crippen LogP contribution in [0.2, 0.25) is 5.02 Å². The van der Waals surface area contributed by atoms with Crippen molar-refractivity contribution in [2.24, 2.45) is 5.92 Å². The molecule has 2 heterocycles. The van der Waals surface area contributed by atoms with Gasteiger partial charge in [-0.15, -0.1) is 0 Å². The third-order valence-corrected chi connectivity index (χ3v) is 6.05. The fraction of sp³-hybridized carbons (Fsp3) is 0.500. The number of carboxylic acids is 1. The van der Waals surface area contributed by atoms with E-state index in [0.717, 1.165) is 43.8 Å². The molecule has 7 nitrogen and oxygen atoms in total. The summed E-state index contributed by atoms with van der Waals surface area (Å²) in [7, 11) is 0. The molecule has 0 spiro atoms. The quantitative estimate of drug-likeness (QED) is 0.474. The Morgan fingerprint density at radius 3 is 2.79 bits per heavy atom. The Morgan fingerprint density at radius 1 is 1.24 bits per heavy atom. The van der Waals surface area contributed by atoms with Gasteiger partial charge in [0.1, 0.15) is 6.04 Å². The van der Waals surface area contributed by atoms with E-state index in [0.29, 0.717) is 6.61 Å². The first-order valence-corrected chi connectivity index (χ1v) is 11.6. The van der Waals surface area contributed by atoms with E-state index in [1.54, 1.807) is 0 Å². The molecular weight excluding hydrogens is 449 g/mol. The predicted molar refractivity (Wildman–Crippen MR) is 122 cm³/mol. The van der Waals surface area contributed by atoms with Crippen LogP contribution in [0.3, 0.4) is 0 Å². The second-order valence-electron chi connectivity index (χ2n) is 8.47. The fourth-order valence-corrected chi connectivity index (χ4v) is 4.08. The number of aryl methyl sites for hydroxylation is 3. The largest absolute Gasteiger partial charge is 0.480 e. The van der Waals surface area contributed by atoms with E-state index in [4.69, 9.17) is 21.3 Å². The molecule has 0 saturated carbocycles. The van der Waals surface area contributed by atoms with E-state index in [2.05, 4.69) is 29.4 Å². The highest BCUT2D eigenvalue weighted by atomic mass is 35.5. The van der Waals surface area contributed by atoms with E-state index in [1.165, 1.54) is 24.1 Å². The van der Waals surface area contributed by atoms with Crippen LogP contribution in [0.15, 0.2) is 24.5 Å². The number of fused-ring (bicyclic) bond motifs is 1. The number of pyridine rings is 2. The molecule has 1 amide bonds. The fourth-order valence-electron chi connectivity index (χ4n) is 3.85. The molecule has 0 aromatic carbocycles. The number of rotatable bonds is 11. The predicted octanol–water partition coefficient (Wildman–Crippen LogP) is 4.01. The van der Waals surface area contributed by atoms with Crippen LogP contribution in [-0.4, -0.2) is 46.2 Å². The maximum absolute atomic E-state index is 13.8. The molecule has 0 unspecified atom stereocenters. The van der Waals surface area contributed by atoms with Gasteiger partial charge < -0.3 is 15.2 Å². The summed E-state index contributed by atoms with van der Waals surface area (Å²) in [5, 5.41) is 11.5. The number of ether oxygens (including phenoxy) is 1. The van der Waals surface area contributed by atoms with Crippen molar-refractivity contribution in [3.05, 3.63) is 57.9 Å². The van der Waals surface area contributed by atoms with E-state index < -0.39 is 29.3 Å². The van der Waals surface area contributed by atoms with E-state index >= 15 is 0 Å². The van der Waals surface area contributed by atoms with Crippen molar-refractivity contribution < 1.29 is 23.8 Å². The molecule has 0 bridgehead atoms. The van der Waals surface area contributed by atoms with Gasteiger partial charge in [-0.2, -0.15) is 0 Å². The van der Waals surface area contributed by atoms with Gasteiger partial charge in [-0.25, -0.2) is 9.18 Å². The molecule has 9 heteroatoms. The number of aliphatic carboxylic acids is 1. The summed E-state index contributed by atoms with van der Waals surface area (Å²) in [6.07, 6.45) is 8.41. The van der Waals surface area contributed by atoms with Crippen molar-refractivity contribution in [2.75, 3.05) is 13.2 Å². The van der Waals surface area contributed by atoms with Crippen LogP contribution < -0.4 is 5.32 Å². The van der Waals surface area contributed by atoms with Crippen LogP contribution in [0.4, 0.5) is 4.39 Å². The number of halogens is 2. The van der Waals surface area contributed by atoms with E-state index in [9.17, 15) is 19.1 Å². The molecule has 3 rings (SSSR count). The molecule has 2 N–H and O–H groups in total. The van der Waals surface area contributed by atoms with Crippen molar-refractivity contribution in [1.82, 2.24) is 15.3 Å². The lowest BCUT2D eigenvalue weighted by atomic mass is 9.95. The number of nitrogens with one attached hydrogen (secondary N) is 1. The van der Waals surface area contributed by atoms with Crippen LogP contribution in [0.5, 0.6) is 0 Å². The summed E-state index contributed by atoms with van der Waals surface area (Å²) in [4.78, 5) is 32.1. The first kappa shape index (κ1) is 25.1. The zero-order valence-corrected chi connectivity index (χ0v) is 19.4. The van der Waals surface area contributed by atoms with Crippen molar-refractivity contribution in [3.63, 3.8) is 0 Å². The highest BCUT2D eigenvalue weighted by Gasteiger charge is 2.24. The second kappa shape index (κ2) is 12.0. The Kier molecular flexibility index (Phi) is 9.14. The first-order valence-electron chi connectivity index (χ1n) is 11.2. The number of hydrogen-bond acceptors (Lipinski definition) is 5. The summed E-state index contributed by atoms with van der Waals surface area (Å²) in [5.74, 6) is -2.78. The number of carboxylic acid groups (broad SMARTS) is 1. The average Bonchev–Trinajstić information content (AvgIpc) is 2.79. The molecule has 2 aromatic rings. The van der Waals surface area contributed by atoms with Gasteiger partial charge in [-0.1, -0.05) is 24.6 Å². The summed E-state index contributed by atoms with van der Waals surface area (Å²) in [6, 6.07) is 3.08. The third kappa shape index (κ3) is 7.20. The Labute approximate surface area is 197 Å². The van der Waals surface area contributed by atoms with Crippen LogP contribution >= 0.6 is 11.6 Å². The van der Waals surface area contributed by atoms with Crippen molar-refractivity contribution in [2.45, 2.75) is 57.9 Å². The smallest absolute Gasteiger partial charge is 0.326 e. The van der Waals surface area contributed by atoms with Gasteiger partial charge >= 0.3 is 5.97 Å². The van der Waals surface area contributed by atoms with Crippen LogP contribution in [0.1, 0.15) is 59.9 Å². The minimum absolute atomic E-state index is 0.0461. The number of carbonyl (C=O) groups is 2. The van der Waals surface area contributed by atoms with Gasteiger partial charge in [0, 0.05) is 37.2 Å². The maximum Gasteiger partial charge on any atom is 0.326 e. The highest BCUT2D eigenvalue weighted by molar-refractivity contribution is 6.33. The summed E-state index contributed by atoms with van der Waals surface area (Å²) < 4.78 is 19.5. The summed E-state index contributed by atoms with van der Waals surface area (Å²) >= 11 is 5.82. The topological polar surface area (TPSA) is 101 Å². The average molecular weight is 478 g/mol. The molecular formula is C24H29ClFN3O4. The van der Waals surface area contributed by atoms with E-state index in [-0.39, 0.29) is 24.0 Å². The number of carbonyl (C=O) groups excluding carboxylic acids is 1. The molecule has 33 heavy (non-hydrogen) atoms. The summed E-state index contributed by atoms with van der Waals surface area (Å²) in [6.45, 7) is 2.68. The first-order chi connectivity index (χ1) is 15.8. The van der Waals surface area contributed by atoms with E-state index in [1.807, 2.05) is 0 Å². The highest BCUT2D eigenvalue weighted by Crippen LogP contribution is 2.21. The number of amides is 1. The molecule has 1 aliphatic carbocycles. The van der Waals surface area contributed by atoms with Crippen molar-refractivity contribution in [3.8, 4) is 0 Å². The number of hydrogen-bond donors (Lipinski definition) is 2. The maximum atomic E-state index is 13.8. The van der Waals surface area contributed by atoms with Crippen LogP contribution in [0.25, 0.3) is 0 Å². The monoisotopic (exact) mass is 477 g/mol. The Balaban J connectivity index is 1.40. The van der Waals surface area contributed by atoms with Crippen molar-refractivity contribution >= 4 is 23.5 Å². The molecule has 1 aliphatic rings. The van der Waals surface area contributed by atoms with Gasteiger partial charge in [-0.05, 0) is 56.1 Å². The SMILES string of the molecule is C[C@H](CCc1ccc2c(n1)CCCC2)COCC[C@H](NC(=O)c1c(F)cncc1Cl)C(=O)O. The zero-order chi connectivity index (χ0) is 23.8. The summed E-state index contributed by atoms with van der Waals surface area (Å²) in [5.41, 5.74) is 3.27. The number of nitrogens with zero attached hydrogens (tertiary/aromatic N) is 2. The molecule has 0 saturated heterocycles. The lowest BCUT2D eigenvalue weighted by molar-refractivity contribution is -0.139. The third-order valence-electron chi connectivity index (χ3n) is 5.77. The minimum Gasteiger partial charge on any atom is -0.480 e. The lowest BCUT2D eigenvalue weighted by Gasteiger charge is -2.17. The molecule has 0 fully saturated rings. The standard InChI is InChI=1S/C24H29ClFN3O4/c1-15(6-8-17-9-7-16-4-2-3-5-20(16)28-17)14-33-11-10-21(24(31)32)29-23(30)22-18(25)12-27-13-19(22)26/h7,9,12-13,15,21H,2-6,8,10-11,14H2,1H3,(H,29,30)(H,31,32)/t15-,21+/m1/s1. The molecule has 0 radical (unpaired) electrons. The molecule has 0 aliphatic heterocycles. The Hall–Kier alpha value is -2.58. The van der Waals surface area contributed by atoms with Crippen LogP contribution in [0, 0.1) is 11.7 Å². The molecule has 2 aromatic heterocycles. The zero-order valence-electron chi connectivity index (χ0n) is 18.7. The minimum atomic E-state index is -1.23. The van der Waals surface area contributed by atoms with Gasteiger partial charge in [0.15, 0.2) is 5.82 Å². The van der Waals surface area contributed by atoms with Gasteiger partial charge in [-0.3, -0.25) is 14.8 Å². The molecule has 2 atom stereocenters. The Bertz CT molecular complexity index is 968. The second-order valence-corrected chi connectivity index (χ2v) is 8.87.